The summed E-state index contributed by atoms with van der Waals surface area (Å²) in [5.41, 5.74) is 5.52. The van der Waals surface area contributed by atoms with Crippen LogP contribution in [-0.4, -0.2) is 23.3 Å². The van der Waals surface area contributed by atoms with Gasteiger partial charge in [-0.1, -0.05) is 5.16 Å². The van der Waals surface area contributed by atoms with Gasteiger partial charge in [0.2, 0.25) is 0 Å². The van der Waals surface area contributed by atoms with E-state index in [0.717, 1.165) is 12.8 Å². The summed E-state index contributed by atoms with van der Waals surface area (Å²) in [7, 11) is 0. The lowest BCUT2D eigenvalue weighted by atomic mass is 9.92. The van der Waals surface area contributed by atoms with Crippen LogP contribution in [0.4, 0.5) is 0 Å². The van der Waals surface area contributed by atoms with Crippen LogP contribution in [0.5, 0.6) is 0 Å². The molecule has 0 spiro atoms. The predicted octanol–water partition coefficient (Wildman–Crippen LogP) is 0.936. The maximum Gasteiger partial charge on any atom is 0.142 e. The van der Waals surface area contributed by atoms with Crippen molar-refractivity contribution in [2.24, 2.45) is 16.8 Å². The van der Waals surface area contributed by atoms with Gasteiger partial charge in [-0.05, 0) is 26.7 Å². The van der Waals surface area contributed by atoms with Crippen LogP contribution >= 0.6 is 0 Å². The molecular weight excluding hydrogens is 156 g/mol. The normalized spacial score (nSPS) is 38.2. The fourth-order valence-electron chi connectivity index (χ4n) is 1.73. The van der Waals surface area contributed by atoms with E-state index in [0.29, 0.717) is 5.84 Å². The first-order valence-electron chi connectivity index (χ1n) is 4.26. The second kappa shape index (κ2) is 3.76. The van der Waals surface area contributed by atoms with Crippen molar-refractivity contribution in [3.05, 3.63) is 0 Å². The zero-order valence-corrected chi connectivity index (χ0v) is 7.53. The van der Waals surface area contributed by atoms with Gasteiger partial charge in [-0.3, -0.25) is 0 Å². The number of rotatable bonds is 1. The summed E-state index contributed by atoms with van der Waals surface area (Å²) >= 11 is 0. The lowest BCUT2D eigenvalue weighted by Crippen LogP contribution is -2.36. The number of hydrogen-bond acceptors (Lipinski definition) is 3. The van der Waals surface area contributed by atoms with Crippen molar-refractivity contribution in [1.82, 2.24) is 0 Å². The maximum absolute atomic E-state index is 8.48. The van der Waals surface area contributed by atoms with Gasteiger partial charge in [-0.25, -0.2) is 0 Å². The molecule has 70 valence electrons. The molecule has 1 aliphatic rings. The van der Waals surface area contributed by atoms with Gasteiger partial charge < -0.3 is 15.7 Å². The molecule has 1 rings (SSSR count). The van der Waals surface area contributed by atoms with Gasteiger partial charge in [0.1, 0.15) is 5.84 Å². The van der Waals surface area contributed by atoms with Crippen LogP contribution in [-0.2, 0) is 4.74 Å². The monoisotopic (exact) mass is 172 g/mol. The minimum absolute atomic E-state index is 0.175. The average molecular weight is 172 g/mol. The molecular formula is C8H16N2O2. The van der Waals surface area contributed by atoms with E-state index >= 15 is 0 Å². The summed E-state index contributed by atoms with van der Waals surface area (Å²) in [4.78, 5) is 0. The Kier molecular flexibility index (Phi) is 2.92. The highest BCUT2D eigenvalue weighted by molar-refractivity contribution is 5.82. The van der Waals surface area contributed by atoms with Crippen LogP contribution in [0.25, 0.3) is 0 Å². The van der Waals surface area contributed by atoms with Crippen LogP contribution < -0.4 is 5.73 Å². The molecule has 0 aromatic heterocycles. The fraction of sp³-hybridized carbons (Fsp3) is 0.875. The van der Waals surface area contributed by atoms with Crippen LogP contribution in [0.2, 0.25) is 0 Å². The van der Waals surface area contributed by atoms with E-state index in [2.05, 4.69) is 5.16 Å². The van der Waals surface area contributed by atoms with Crippen LogP contribution in [0, 0.1) is 5.92 Å². The van der Waals surface area contributed by atoms with Crippen LogP contribution in [0.15, 0.2) is 5.16 Å². The summed E-state index contributed by atoms with van der Waals surface area (Å²) < 4.78 is 5.52. The molecule has 1 fully saturated rings. The second-order valence-electron chi connectivity index (χ2n) is 3.45. The maximum atomic E-state index is 8.48. The molecule has 0 bridgehead atoms. The quantitative estimate of drug-likeness (QED) is 0.267. The Hall–Kier alpha value is -0.770. The van der Waals surface area contributed by atoms with Gasteiger partial charge in [-0.15, -0.1) is 0 Å². The van der Waals surface area contributed by atoms with Gasteiger partial charge in [0.25, 0.3) is 0 Å². The second-order valence-corrected chi connectivity index (χ2v) is 3.45. The van der Waals surface area contributed by atoms with Gasteiger partial charge in [0, 0.05) is 5.92 Å². The van der Waals surface area contributed by atoms with Crippen molar-refractivity contribution in [2.45, 2.75) is 38.9 Å². The Balaban J connectivity index is 2.55. The SMILES string of the molecule is CC1CC(/C(N)=N/O)CC(C)O1. The molecule has 0 radical (unpaired) electrons. The Bertz CT molecular complexity index is 172. The predicted molar refractivity (Wildman–Crippen MR) is 46.1 cm³/mol. The molecule has 2 unspecified atom stereocenters. The molecule has 1 heterocycles. The first-order valence-corrected chi connectivity index (χ1v) is 4.26. The smallest absolute Gasteiger partial charge is 0.142 e. The number of ether oxygens (including phenoxy) is 1. The standard InChI is InChI=1S/C8H16N2O2/c1-5-3-7(8(9)10-11)4-6(2)12-5/h5-7,11H,3-4H2,1-2H3,(H2,9,10). The van der Waals surface area contributed by atoms with E-state index in [1.54, 1.807) is 0 Å². The Morgan fingerprint density at radius 3 is 2.33 bits per heavy atom. The molecule has 4 heteroatoms. The van der Waals surface area contributed by atoms with E-state index < -0.39 is 0 Å². The van der Waals surface area contributed by atoms with Gasteiger partial charge in [0.05, 0.1) is 12.2 Å². The Labute approximate surface area is 72.4 Å². The highest BCUT2D eigenvalue weighted by Crippen LogP contribution is 2.24. The first-order chi connectivity index (χ1) is 5.63. The van der Waals surface area contributed by atoms with Gasteiger partial charge >= 0.3 is 0 Å². The zero-order valence-electron chi connectivity index (χ0n) is 7.53. The lowest BCUT2D eigenvalue weighted by molar-refractivity contribution is -0.0408. The lowest BCUT2D eigenvalue weighted by Gasteiger charge is -2.31. The van der Waals surface area contributed by atoms with E-state index in [1.165, 1.54) is 0 Å². The summed E-state index contributed by atoms with van der Waals surface area (Å²) in [5.74, 6) is 0.505. The third kappa shape index (κ3) is 2.11. The highest BCUT2D eigenvalue weighted by atomic mass is 16.5. The minimum Gasteiger partial charge on any atom is -0.409 e. The number of nitrogens with two attached hydrogens (primary N) is 1. The van der Waals surface area contributed by atoms with Crippen LogP contribution in [0.1, 0.15) is 26.7 Å². The molecule has 0 aromatic rings. The zero-order chi connectivity index (χ0) is 9.14. The molecule has 12 heavy (non-hydrogen) atoms. The third-order valence-corrected chi connectivity index (χ3v) is 2.23. The molecule has 2 atom stereocenters. The van der Waals surface area contributed by atoms with Crippen molar-refractivity contribution >= 4 is 5.84 Å². The molecule has 1 aliphatic heterocycles. The van der Waals surface area contributed by atoms with E-state index in [4.69, 9.17) is 15.7 Å². The molecule has 1 saturated heterocycles. The van der Waals surface area contributed by atoms with E-state index in [9.17, 15) is 0 Å². The fourth-order valence-corrected chi connectivity index (χ4v) is 1.73. The van der Waals surface area contributed by atoms with Gasteiger partial charge in [-0.2, -0.15) is 0 Å². The largest absolute Gasteiger partial charge is 0.409 e. The van der Waals surface area contributed by atoms with Crippen molar-refractivity contribution in [1.29, 1.82) is 0 Å². The Morgan fingerprint density at radius 1 is 1.42 bits per heavy atom. The third-order valence-electron chi connectivity index (χ3n) is 2.23. The Morgan fingerprint density at radius 2 is 1.92 bits per heavy atom. The topological polar surface area (TPSA) is 67.8 Å². The molecule has 0 aromatic carbocycles. The number of oxime groups is 1. The van der Waals surface area contributed by atoms with Crippen molar-refractivity contribution in [3.8, 4) is 0 Å². The molecule has 4 nitrogen and oxygen atoms in total. The highest BCUT2D eigenvalue weighted by Gasteiger charge is 2.26. The summed E-state index contributed by atoms with van der Waals surface area (Å²) in [6.45, 7) is 4.01. The summed E-state index contributed by atoms with van der Waals surface area (Å²) in [5, 5.41) is 11.5. The van der Waals surface area contributed by atoms with Crippen molar-refractivity contribution < 1.29 is 9.94 Å². The van der Waals surface area contributed by atoms with Gasteiger partial charge in [0.15, 0.2) is 0 Å². The van der Waals surface area contributed by atoms with Crippen molar-refractivity contribution in [3.63, 3.8) is 0 Å². The molecule has 3 N–H and O–H groups in total. The van der Waals surface area contributed by atoms with E-state index in [1.807, 2.05) is 13.8 Å². The van der Waals surface area contributed by atoms with Crippen molar-refractivity contribution in [2.75, 3.05) is 0 Å². The summed E-state index contributed by atoms with van der Waals surface area (Å²) in [6, 6.07) is 0. The number of hydrogen-bond donors (Lipinski definition) is 2. The number of nitrogens with zero attached hydrogens (tertiary/aromatic N) is 1. The molecule has 0 amide bonds. The number of amidine groups is 1. The van der Waals surface area contributed by atoms with Crippen LogP contribution in [0.3, 0.4) is 0 Å². The van der Waals surface area contributed by atoms with E-state index in [-0.39, 0.29) is 18.1 Å². The molecule has 0 saturated carbocycles. The minimum atomic E-state index is 0.175. The first kappa shape index (κ1) is 9.32. The summed E-state index contributed by atoms with van der Waals surface area (Å²) in [6.07, 6.45) is 2.11. The average Bonchev–Trinajstić information content (AvgIpc) is 2.01. The molecule has 0 aliphatic carbocycles.